The van der Waals surface area contributed by atoms with Crippen LogP contribution in [0.15, 0.2) is 30.3 Å². The van der Waals surface area contributed by atoms with Crippen LogP contribution >= 0.6 is 0 Å². The van der Waals surface area contributed by atoms with Crippen molar-refractivity contribution in [2.45, 2.75) is 19.3 Å². The number of anilines is 1. The second-order valence-corrected chi connectivity index (χ2v) is 5.20. The number of nitrogen functional groups attached to an aromatic ring is 1. The van der Waals surface area contributed by atoms with Crippen molar-refractivity contribution in [3.63, 3.8) is 0 Å². The summed E-state index contributed by atoms with van der Waals surface area (Å²) in [5, 5.41) is 2.92. The van der Waals surface area contributed by atoms with E-state index >= 15 is 0 Å². The summed E-state index contributed by atoms with van der Waals surface area (Å²) in [6.45, 7) is 3.97. The number of amides is 1. The van der Waals surface area contributed by atoms with Crippen LogP contribution in [0.1, 0.15) is 24.8 Å². The Kier molecular flexibility index (Phi) is 5.62. The fraction of sp³-hybridized carbons (Fsp3) is 0.438. The van der Waals surface area contributed by atoms with Gasteiger partial charge in [-0.2, -0.15) is 0 Å². The first-order valence-electron chi connectivity index (χ1n) is 7.28. The van der Waals surface area contributed by atoms with Crippen LogP contribution in [0.5, 0.6) is 0 Å². The summed E-state index contributed by atoms with van der Waals surface area (Å²) < 4.78 is 0. The number of rotatable bonds is 5. The Morgan fingerprint density at radius 3 is 2.85 bits per heavy atom. The topological polar surface area (TPSA) is 58.4 Å². The Hall–Kier alpha value is -1.81. The van der Waals surface area contributed by atoms with Crippen molar-refractivity contribution in [2.24, 2.45) is 0 Å². The number of carbonyl (C=O) groups excluding carboxylic acids is 1. The van der Waals surface area contributed by atoms with Crippen LogP contribution in [-0.2, 0) is 4.79 Å². The van der Waals surface area contributed by atoms with E-state index in [0.717, 1.165) is 25.2 Å². The first kappa shape index (κ1) is 14.6. The van der Waals surface area contributed by atoms with Crippen LogP contribution < -0.4 is 11.1 Å². The van der Waals surface area contributed by atoms with E-state index in [1.807, 2.05) is 24.3 Å². The van der Waals surface area contributed by atoms with E-state index < -0.39 is 0 Å². The van der Waals surface area contributed by atoms with Gasteiger partial charge in [-0.15, -0.1) is 0 Å². The largest absolute Gasteiger partial charge is 0.399 e. The summed E-state index contributed by atoms with van der Waals surface area (Å²) in [4.78, 5) is 14.1. The lowest BCUT2D eigenvalue weighted by Crippen LogP contribution is -2.37. The van der Waals surface area contributed by atoms with Gasteiger partial charge in [0.25, 0.3) is 0 Å². The number of nitrogens with zero attached hydrogens (tertiary/aromatic N) is 1. The molecular weight excluding hydrogens is 250 g/mol. The molecule has 0 aliphatic carbocycles. The van der Waals surface area contributed by atoms with Crippen LogP contribution in [0.2, 0.25) is 0 Å². The normalized spacial score (nSPS) is 16.4. The van der Waals surface area contributed by atoms with Crippen LogP contribution in [0.3, 0.4) is 0 Å². The summed E-state index contributed by atoms with van der Waals surface area (Å²) in [6, 6.07) is 7.48. The number of nitrogens with two attached hydrogens (primary N) is 1. The maximum absolute atomic E-state index is 11.7. The maximum Gasteiger partial charge on any atom is 0.244 e. The van der Waals surface area contributed by atoms with Crippen molar-refractivity contribution in [3.8, 4) is 0 Å². The zero-order chi connectivity index (χ0) is 14.2. The van der Waals surface area contributed by atoms with E-state index in [2.05, 4.69) is 10.2 Å². The molecule has 1 aliphatic rings. The van der Waals surface area contributed by atoms with E-state index in [9.17, 15) is 4.79 Å². The molecule has 108 valence electrons. The molecular formula is C16H23N3O. The van der Waals surface area contributed by atoms with Gasteiger partial charge in [0.2, 0.25) is 5.91 Å². The number of likely N-dealkylation sites (tertiary alicyclic amines) is 1. The second-order valence-electron chi connectivity index (χ2n) is 5.20. The van der Waals surface area contributed by atoms with Gasteiger partial charge in [0.1, 0.15) is 0 Å². The van der Waals surface area contributed by atoms with E-state index in [0.29, 0.717) is 12.2 Å². The average Bonchev–Trinajstić information content (AvgIpc) is 2.46. The van der Waals surface area contributed by atoms with Crippen molar-refractivity contribution < 1.29 is 4.79 Å². The maximum atomic E-state index is 11.7. The van der Waals surface area contributed by atoms with Gasteiger partial charge >= 0.3 is 0 Å². The number of piperidine rings is 1. The van der Waals surface area contributed by atoms with Gasteiger partial charge in [0.15, 0.2) is 0 Å². The number of benzene rings is 1. The molecule has 4 nitrogen and oxygen atoms in total. The van der Waals surface area contributed by atoms with Crippen LogP contribution in [0.4, 0.5) is 5.69 Å². The third kappa shape index (κ3) is 5.05. The molecule has 1 aromatic carbocycles. The summed E-state index contributed by atoms with van der Waals surface area (Å²) in [6.07, 6.45) is 7.25. The number of hydrogen-bond donors (Lipinski definition) is 2. The van der Waals surface area contributed by atoms with Crippen LogP contribution in [0, 0.1) is 0 Å². The van der Waals surface area contributed by atoms with Gasteiger partial charge in [0, 0.05) is 24.9 Å². The minimum atomic E-state index is -0.0515. The average molecular weight is 273 g/mol. The molecule has 0 unspecified atom stereocenters. The van der Waals surface area contributed by atoms with E-state index in [4.69, 9.17) is 5.73 Å². The SMILES string of the molecule is Nc1cccc(/C=C/C(=O)NCCN2CCCCC2)c1. The first-order valence-corrected chi connectivity index (χ1v) is 7.28. The molecule has 1 aliphatic heterocycles. The molecule has 1 heterocycles. The molecule has 2 rings (SSSR count). The fourth-order valence-corrected chi connectivity index (χ4v) is 2.41. The van der Waals surface area contributed by atoms with Gasteiger partial charge in [-0.05, 0) is 49.7 Å². The molecule has 0 aromatic heterocycles. The van der Waals surface area contributed by atoms with Gasteiger partial charge in [-0.3, -0.25) is 4.79 Å². The van der Waals surface area contributed by atoms with Crippen LogP contribution in [0.25, 0.3) is 6.08 Å². The fourth-order valence-electron chi connectivity index (χ4n) is 2.41. The standard InChI is InChI=1S/C16H23N3O/c17-15-6-4-5-14(13-15)7-8-16(20)18-9-12-19-10-2-1-3-11-19/h4-8,13H,1-3,9-12,17H2,(H,18,20)/b8-7+. The summed E-state index contributed by atoms with van der Waals surface area (Å²) in [7, 11) is 0. The molecule has 0 bridgehead atoms. The Labute approximate surface area is 120 Å². The summed E-state index contributed by atoms with van der Waals surface area (Å²) in [5.41, 5.74) is 7.33. The van der Waals surface area contributed by atoms with Crippen molar-refractivity contribution in [1.29, 1.82) is 0 Å². The van der Waals surface area contributed by atoms with Crippen LogP contribution in [-0.4, -0.2) is 37.0 Å². The Bertz CT molecular complexity index is 465. The predicted octanol–water partition coefficient (Wildman–Crippen LogP) is 1.88. The number of nitrogens with one attached hydrogen (secondary N) is 1. The van der Waals surface area contributed by atoms with Gasteiger partial charge in [-0.25, -0.2) is 0 Å². The summed E-state index contributed by atoms with van der Waals surface area (Å²) >= 11 is 0. The van der Waals surface area contributed by atoms with Crippen molar-refractivity contribution in [2.75, 3.05) is 31.9 Å². The van der Waals surface area contributed by atoms with E-state index in [1.54, 1.807) is 12.2 Å². The zero-order valence-electron chi connectivity index (χ0n) is 11.8. The molecule has 3 N–H and O–H groups in total. The molecule has 0 spiro atoms. The molecule has 4 heteroatoms. The Morgan fingerprint density at radius 1 is 1.30 bits per heavy atom. The highest BCUT2D eigenvalue weighted by Crippen LogP contribution is 2.08. The smallest absolute Gasteiger partial charge is 0.244 e. The molecule has 1 fully saturated rings. The predicted molar refractivity (Wildman–Crippen MR) is 83.2 cm³/mol. The molecule has 0 radical (unpaired) electrons. The van der Waals surface area contributed by atoms with E-state index in [1.165, 1.54) is 19.3 Å². The minimum Gasteiger partial charge on any atom is -0.399 e. The molecule has 1 saturated heterocycles. The number of carbonyl (C=O) groups is 1. The van der Waals surface area contributed by atoms with Gasteiger partial charge in [-0.1, -0.05) is 18.6 Å². The molecule has 1 aromatic rings. The first-order chi connectivity index (χ1) is 9.74. The summed E-state index contributed by atoms with van der Waals surface area (Å²) in [5.74, 6) is -0.0515. The molecule has 0 saturated carbocycles. The lowest BCUT2D eigenvalue weighted by Gasteiger charge is -2.26. The third-order valence-corrected chi connectivity index (χ3v) is 3.51. The highest BCUT2D eigenvalue weighted by atomic mass is 16.1. The third-order valence-electron chi connectivity index (χ3n) is 3.51. The highest BCUT2D eigenvalue weighted by Gasteiger charge is 2.09. The molecule has 20 heavy (non-hydrogen) atoms. The van der Waals surface area contributed by atoms with Crippen molar-refractivity contribution in [1.82, 2.24) is 10.2 Å². The molecule has 0 atom stereocenters. The lowest BCUT2D eigenvalue weighted by molar-refractivity contribution is -0.116. The van der Waals surface area contributed by atoms with Crippen molar-refractivity contribution in [3.05, 3.63) is 35.9 Å². The van der Waals surface area contributed by atoms with Gasteiger partial charge < -0.3 is 16.0 Å². The molecule has 1 amide bonds. The quantitative estimate of drug-likeness (QED) is 0.636. The Morgan fingerprint density at radius 2 is 2.10 bits per heavy atom. The Balaban J connectivity index is 1.69. The lowest BCUT2D eigenvalue weighted by atomic mass is 10.1. The van der Waals surface area contributed by atoms with Crippen molar-refractivity contribution >= 4 is 17.7 Å². The highest BCUT2D eigenvalue weighted by molar-refractivity contribution is 5.91. The van der Waals surface area contributed by atoms with Gasteiger partial charge in [0.05, 0.1) is 0 Å². The second kappa shape index (κ2) is 7.70. The number of hydrogen-bond acceptors (Lipinski definition) is 3. The minimum absolute atomic E-state index is 0.0515. The zero-order valence-corrected chi connectivity index (χ0v) is 11.8. The van der Waals surface area contributed by atoms with E-state index in [-0.39, 0.29) is 5.91 Å². The monoisotopic (exact) mass is 273 g/mol.